The Morgan fingerprint density at radius 1 is 1.33 bits per heavy atom. The van der Waals surface area contributed by atoms with Gasteiger partial charge in [-0.2, -0.15) is 0 Å². The SMILES string of the molecule is Cc1cc(S(=O)(=O)NCC(O)c2ccco2)c(F)cc1F. The fourth-order valence-corrected chi connectivity index (χ4v) is 2.86. The zero-order valence-electron chi connectivity index (χ0n) is 11.0. The van der Waals surface area contributed by atoms with E-state index in [0.717, 1.165) is 6.07 Å². The second-order valence-electron chi connectivity index (χ2n) is 4.41. The van der Waals surface area contributed by atoms with Crippen LogP contribution in [0.15, 0.2) is 39.8 Å². The molecule has 5 nitrogen and oxygen atoms in total. The van der Waals surface area contributed by atoms with Crippen LogP contribution in [0.1, 0.15) is 17.4 Å². The second kappa shape index (κ2) is 5.92. The van der Waals surface area contributed by atoms with Crippen molar-refractivity contribution in [2.45, 2.75) is 17.9 Å². The fraction of sp³-hybridized carbons (Fsp3) is 0.231. The summed E-state index contributed by atoms with van der Waals surface area (Å²) in [5, 5.41) is 9.71. The second-order valence-corrected chi connectivity index (χ2v) is 6.15. The first-order valence-electron chi connectivity index (χ1n) is 5.98. The van der Waals surface area contributed by atoms with Gasteiger partial charge in [-0.3, -0.25) is 0 Å². The highest BCUT2D eigenvalue weighted by molar-refractivity contribution is 7.89. The Kier molecular flexibility index (Phi) is 4.40. The normalized spacial score (nSPS) is 13.3. The van der Waals surface area contributed by atoms with Crippen LogP contribution >= 0.6 is 0 Å². The lowest BCUT2D eigenvalue weighted by molar-refractivity contribution is 0.154. The molecule has 114 valence electrons. The predicted molar refractivity (Wildman–Crippen MR) is 70.0 cm³/mol. The van der Waals surface area contributed by atoms with Crippen molar-refractivity contribution in [2.75, 3.05) is 6.54 Å². The summed E-state index contributed by atoms with van der Waals surface area (Å²) in [4.78, 5) is -0.673. The molecular weight excluding hydrogens is 304 g/mol. The molecule has 1 heterocycles. The molecule has 0 saturated carbocycles. The highest BCUT2D eigenvalue weighted by atomic mass is 32.2. The lowest BCUT2D eigenvalue weighted by atomic mass is 10.2. The topological polar surface area (TPSA) is 79.5 Å². The van der Waals surface area contributed by atoms with E-state index in [4.69, 9.17) is 4.42 Å². The van der Waals surface area contributed by atoms with Gasteiger partial charge in [0.25, 0.3) is 0 Å². The van der Waals surface area contributed by atoms with Crippen LogP contribution in [0, 0.1) is 18.6 Å². The molecule has 21 heavy (non-hydrogen) atoms. The van der Waals surface area contributed by atoms with Gasteiger partial charge in [-0.15, -0.1) is 0 Å². The monoisotopic (exact) mass is 317 g/mol. The molecule has 0 aliphatic carbocycles. The number of aryl methyl sites for hydroxylation is 1. The van der Waals surface area contributed by atoms with Crippen LogP contribution in [0.2, 0.25) is 0 Å². The van der Waals surface area contributed by atoms with E-state index in [1.54, 1.807) is 0 Å². The van der Waals surface area contributed by atoms with E-state index in [-0.39, 0.29) is 11.3 Å². The van der Waals surface area contributed by atoms with E-state index in [9.17, 15) is 22.3 Å². The quantitative estimate of drug-likeness (QED) is 0.882. The zero-order chi connectivity index (χ0) is 15.6. The van der Waals surface area contributed by atoms with Crippen molar-refractivity contribution in [3.63, 3.8) is 0 Å². The van der Waals surface area contributed by atoms with Gasteiger partial charge in [-0.25, -0.2) is 21.9 Å². The third-order valence-electron chi connectivity index (χ3n) is 2.84. The molecule has 1 atom stereocenters. The van der Waals surface area contributed by atoms with Crippen molar-refractivity contribution in [1.82, 2.24) is 4.72 Å². The van der Waals surface area contributed by atoms with Gasteiger partial charge in [0, 0.05) is 12.6 Å². The van der Waals surface area contributed by atoms with Gasteiger partial charge in [0.1, 0.15) is 28.4 Å². The smallest absolute Gasteiger partial charge is 0.243 e. The summed E-state index contributed by atoms with van der Waals surface area (Å²) in [6, 6.07) is 4.41. The number of nitrogens with one attached hydrogen (secondary N) is 1. The summed E-state index contributed by atoms with van der Waals surface area (Å²) in [5.41, 5.74) is 0.00311. The van der Waals surface area contributed by atoms with Gasteiger partial charge in [0.2, 0.25) is 10.0 Å². The highest BCUT2D eigenvalue weighted by Gasteiger charge is 2.22. The first-order valence-corrected chi connectivity index (χ1v) is 7.46. The predicted octanol–water partition coefficient (Wildman–Crippen LogP) is 1.88. The molecule has 1 aromatic carbocycles. The van der Waals surface area contributed by atoms with Crippen molar-refractivity contribution >= 4 is 10.0 Å². The van der Waals surface area contributed by atoms with E-state index < -0.39 is 39.2 Å². The fourth-order valence-electron chi connectivity index (χ4n) is 1.68. The number of rotatable bonds is 5. The lowest BCUT2D eigenvalue weighted by Crippen LogP contribution is -2.29. The third-order valence-corrected chi connectivity index (χ3v) is 4.28. The summed E-state index contributed by atoms with van der Waals surface area (Å²) in [5.74, 6) is -1.85. The summed E-state index contributed by atoms with van der Waals surface area (Å²) in [7, 11) is -4.21. The number of hydrogen-bond acceptors (Lipinski definition) is 4. The van der Waals surface area contributed by atoms with Crippen molar-refractivity contribution in [2.24, 2.45) is 0 Å². The van der Waals surface area contributed by atoms with E-state index in [1.165, 1.54) is 25.3 Å². The Morgan fingerprint density at radius 2 is 2.05 bits per heavy atom. The Morgan fingerprint density at radius 3 is 2.67 bits per heavy atom. The van der Waals surface area contributed by atoms with Crippen LogP contribution in [-0.2, 0) is 10.0 Å². The molecule has 2 rings (SSSR count). The van der Waals surface area contributed by atoms with E-state index in [0.29, 0.717) is 6.07 Å². The molecule has 0 spiro atoms. The Bertz CT molecular complexity index is 729. The molecule has 0 radical (unpaired) electrons. The largest absolute Gasteiger partial charge is 0.467 e. The van der Waals surface area contributed by atoms with Gasteiger partial charge in [-0.05, 0) is 30.7 Å². The van der Waals surface area contributed by atoms with Crippen molar-refractivity contribution in [3.8, 4) is 0 Å². The summed E-state index contributed by atoms with van der Waals surface area (Å²) >= 11 is 0. The number of sulfonamides is 1. The number of aliphatic hydroxyl groups is 1. The minimum Gasteiger partial charge on any atom is -0.467 e. The van der Waals surface area contributed by atoms with Gasteiger partial charge in [-0.1, -0.05) is 0 Å². The van der Waals surface area contributed by atoms with Crippen LogP contribution in [0.25, 0.3) is 0 Å². The minimum absolute atomic E-state index is 0.00311. The van der Waals surface area contributed by atoms with Gasteiger partial charge < -0.3 is 9.52 Å². The van der Waals surface area contributed by atoms with Gasteiger partial charge in [0.05, 0.1) is 6.26 Å². The zero-order valence-corrected chi connectivity index (χ0v) is 11.8. The molecule has 2 N–H and O–H groups in total. The van der Waals surface area contributed by atoms with Crippen LogP contribution in [0.4, 0.5) is 8.78 Å². The number of aliphatic hydroxyl groups excluding tert-OH is 1. The first kappa shape index (κ1) is 15.6. The lowest BCUT2D eigenvalue weighted by Gasteiger charge is -2.11. The molecule has 1 unspecified atom stereocenters. The molecule has 1 aromatic heterocycles. The van der Waals surface area contributed by atoms with Crippen molar-refractivity contribution in [3.05, 3.63) is 53.5 Å². The summed E-state index contributed by atoms with van der Waals surface area (Å²) < 4.78 is 57.6. The maximum absolute atomic E-state index is 13.6. The average Bonchev–Trinajstić information content (AvgIpc) is 2.94. The molecule has 0 amide bonds. The standard InChI is InChI=1S/C13H13F2NO4S/c1-8-5-13(10(15)6-9(8)14)21(18,19)16-7-11(17)12-3-2-4-20-12/h2-6,11,16-17H,7H2,1H3. The van der Waals surface area contributed by atoms with Crippen LogP contribution in [0.3, 0.4) is 0 Å². The van der Waals surface area contributed by atoms with Gasteiger partial charge >= 0.3 is 0 Å². The number of hydrogen-bond donors (Lipinski definition) is 2. The molecule has 0 saturated heterocycles. The molecular formula is C13H13F2NO4S. The molecule has 8 heteroatoms. The maximum atomic E-state index is 13.6. The maximum Gasteiger partial charge on any atom is 0.243 e. The van der Waals surface area contributed by atoms with Crippen LogP contribution in [-0.4, -0.2) is 20.1 Å². The number of benzene rings is 1. The van der Waals surface area contributed by atoms with Gasteiger partial charge in [0.15, 0.2) is 0 Å². The highest BCUT2D eigenvalue weighted by Crippen LogP contribution is 2.19. The third kappa shape index (κ3) is 3.46. The van der Waals surface area contributed by atoms with E-state index >= 15 is 0 Å². The minimum atomic E-state index is -4.21. The molecule has 0 aliphatic heterocycles. The van der Waals surface area contributed by atoms with Crippen molar-refractivity contribution < 1.29 is 26.7 Å². The molecule has 2 aromatic rings. The molecule has 0 bridgehead atoms. The van der Waals surface area contributed by atoms with Crippen molar-refractivity contribution in [1.29, 1.82) is 0 Å². The Labute approximate surface area is 120 Å². The van der Waals surface area contributed by atoms with E-state index in [1.807, 2.05) is 0 Å². The summed E-state index contributed by atoms with van der Waals surface area (Å²) in [6.45, 7) is 0.928. The average molecular weight is 317 g/mol. The van der Waals surface area contributed by atoms with E-state index in [2.05, 4.69) is 4.72 Å². The number of furan rings is 1. The molecule has 0 fully saturated rings. The first-order chi connectivity index (χ1) is 9.81. The number of halogens is 2. The Balaban J connectivity index is 2.17. The Hall–Kier alpha value is -1.77. The van der Waals surface area contributed by atoms with Crippen LogP contribution in [0.5, 0.6) is 0 Å². The molecule has 0 aliphatic rings. The van der Waals surface area contributed by atoms with Crippen LogP contribution < -0.4 is 4.72 Å². The summed E-state index contributed by atoms with van der Waals surface area (Å²) in [6.07, 6.45) is 0.121.